The second-order valence-electron chi connectivity index (χ2n) is 5.04. The minimum Gasteiger partial charge on any atom is -0.419 e. The Morgan fingerprint density at radius 1 is 1.00 bits per heavy atom. The van der Waals surface area contributed by atoms with Crippen LogP contribution in [0.15, 0.2) is 52.9 Å². The van der Waals surface area contributed by atoms with Gasteiger partial charge in [-0.2, -0.15) is 0 Å². The summed E-state index contributed by atoms with van der Waals surface area (Å²) in [5.41, 5.74) is 3.39. The second-order valence-corrected chi connectivity index (χ2v) is 5.47. The summed E-state index contributed by atoms with van der Waals surface area (Å²) >= 11 is 5.87. The van der Waals surface area contributed by atoms with E-state index in [-0.39, 0.29) is 0 Å². The minimum atomic E-state index is 0.504. The molecule has 0 amide bonds. The molecule has 0 aliphatic rings. The van der Waals surface area contributed by atoms with Crippen molar-refractivity contribution in [3.8, 4) is 11.5 Å². The number of hydrogen-bond donors (Lipinski definition) is 1. The Bertz CT molecular complexity index is 753. The van der Waals surface area contributed by atoms with Crippen LogP contribution in [0, 0.1) is 6.92 Å². The molecular formula is C17H16ClN3O. The highest BCUT2D eigenvalue weighted by molar-refractivity contribution is 6.30. The molecule has 0 spiro atoms. The second kappa shape index (κ2) is 6.73. The Labute approximate surface area is 134 Å². The Balaban J connectivity index is 1.60. The average molecular weight is 314 g/mol. The summed E-state index contributed by atoms with van der Waals surface area (Å²) in [6.07, 6.45) is 0. The van der Waals surface area contributed by atoms with E-state index < -0.39 is 0 Å². The molecule has 3 rings (SSSR count). The summed E-state index contributed by atoms with van der Waals surface area (Å²) in [5, 5.41) is 12.1. The van der Waals surface area contributed by atoms with Crippen LogP contribution in [-0.4, -0.2) is 10.2 Å². The highest BCUT2D eigenvalue weighted by Gasteiger charge is 2.08. The van der Waals surface area contributed by atoms with Crippen LogP contribution in [0.3, 0.4) is 0 Å². The van der Waals surface area contributed by atoms with Crippen LogP contribution in [0.2, 0.25) is 5.02 Å². The minimum absolute atomic E-state index is 0.504. The van der Waals surface area contributed by atoms with Gasteiger partial charge in [-0.05, 0) is 42.3 Å². The lowest BCUT2D eigenvalue weighted by atomic mass is 10.1. The van der Waals surface area contributed by atoms with Gasteiger partial charge in [-0.1, -0.05) is 35.9 Å². The number of benzene rings is 2. The van der Waals surface area contributed by atoms with Crippen LogP contribution in [-0.2, 0) is 13.1 Å². The lowest BCUT2D eigenvalue weighted by molar-refractivity contribution is 0.477. The van der Waals surface area contributed by atoms with Gasteiger partial charge >= 0.3 is 0 Å². The normalized spacial score (nSPS) is 10.8. The largest absolute Gasteiger partial charge is 0.419 e. The monoisotopic (exact) mass is 313 g/mol. The summed E-state index contributed by atoms with van der Waals surface area (Å²) in [5.74, 6) is 1.07. The first-order valence-electron chi connectivity index (χ1n) is 7.06. The molecule has 1 N–H and O–H groups in total. The van der Waals surface area contributed by atoms with Crippen molar-refractivity contribution in [3.05, 3.63) is 70.6 Å². The highest BCUT2D eigenvalue weighted by atomic mass is 35.5. The van der Waals surface area contributed by atoms with Gasteiger partial charge in [0.1, 0.15) is 0 Å². The molecule has 0 radical (unpaired) electrons. The average Bonchev–Trinajstić information content (AvgIpc) is 2.99. The third-order valence-corrected chi connectivity index (χ3v) is 3.66. The number of nitrogens with zero attached hydrogens (tertiary/aromatic N) is 2. The molecule has 5 heteroatoms. The Morgan fingerprint density at radius 2 is 1.77 bits per heavy atom. The molecular weight excluding hydrogens is 298 g/mol. The lowest BCUT2D eigenvalue weighted by Gasteiger charge is -2.05. The zero-order valence-electron chi connectivity index (χ0n) is 12.2. The van der Waals surface area contributed by atoms with Crippen LogP contribution in [0.1, 0.15) is 17.0 Å². The Kier molecular flexibility index (Phi) is 4.51. The van der Waals surface area contributed by atoms with Crippen molar-refractivity contribution in [1.29, 1.82) is 0 Å². The van der Waals surface area contributed by atoms with Crippen molar-refractivity contribution < 1.29 is 4.42 Å². The maximum absolute atomic E-state index is 5.87. The first-order valence-corrected chi connectivity index (χ1v) is 7.44. The van der Waals surface area contributed by atoms with Gasteiger partial charge < -0.3 is 9.73 Å². The molecule has 1 aromatic heterocycles. The van der Waals surface area contributed by atoms with Crippen LogP contribution in [0.5, 0.6) is 0 Å². The van der Waals surface area contributed by atoms with Crippen LogP contribution < -0.4 is 5.32 Å². The summed E-state index contributed by atoms with van der Waals surface area (Å²) in [6.45, 7) is 3.41. The van der Waals surface area contributed by atoms with E-state index in [9.17, 15) is 0 Å². The third kappa shape index (κ3) is 3.53. The number of nitrogens with one attached hydrogen (secondary N) is 1. The summed E-state index contributed by atoms with van der Waals surface area (Å²) in [6, 6.07) is 15.6. The number of rotatable bonds is 5. The standard InChI is InChI=1S/C17H16ClN3O/c1-12-4-2-3-5-14(12)10-19-11-16-20-21-17(22-16)13-6-8-15(18)9-7-13/h2-9,19H,10-11H2,1H3. The fourth-order valence-electron chi connectivity index (χ4n) is 2.15. The fraction of sp³-hybridized carbons (Fsp3) is 0.176. The predicted molar refractivity (Wildman–Crippen MR) is 86.5 cm³/mol. The SMILES string of the molecule is Cc1ccccc1CNCc1nnc(-c2ccc(Cl)cc2)o1. The van der Waals surface area contributed by atoms with Gasteiger partial charge in [-0.25, -0.2) is 0 Å². The van der Waals surface area contributed by atoms with Crippen molar-refractivity contribution in [1.82, 2.24) is 15.5 Å². The summed E-state index contributed by atoms with van der Waals surface area (Å²) < 4.78 is 5.65. The van der Waals surface area contributed by atoms with Gasteiger partial charge in [0.25, 0.3) is 0 Å². The molecule has 0 saturated carbocycles. The fourth-order valence-corrected chi connectivity index (χ4v) is 2.27. The molecule has 3 aromatic rings. The molecule has 1 heterocycles. The molecule has 0 aliphatic carbocycles. The van der Waals surface area contributed by atoms with Crippen molar-refractivity contribution >= 4 is 11.6 Å². The van der Waals surface area contributed by atoms with Crippen molar-refractivity contribution in [3.63, 3.8) is 0 Å². The quantitative estimate of drug-likeness (QED) is 0.774. The Hall–Kier alpha value is -2.17. The van der Waals surface area contributed by atoms with Gasteiger partial charge in [0.2, 0.25) is 11.8 Å². The lowest BCUT2D eigenvalue weighted by Crippen LogP contribution is -2.13. The number of halogens is 1. The topological polar surface area (TPSA) is 51.0 Å². The highest BCUT2D eigenvalue weighted by Crippen LogP contribution is 2.20. The van der Waals surface area contributed by atoms with E-state index in [2.05, 4.69) is 34.6 Å². The van der Waals surface area contributed by atoms with E-state index in [0.717, 1.165) is 12.1 Å². The van der Waals surface area contributed by atoms with E-state index in [0.29, 0.717) is 23.3 Å². The predicted octanol–water partition coefficient (Wildman–Crippen LogP) is 3.99. The van der Waals surface area contributed by atoms with Gasteiger partial charge in [0.05, 0.1) is 6.54 Å². The number of aromatic nitrogens is 2. The summed E-state index contributed by atoms with van der Waals surface area (Å²) in [7, 11) is 0. The van der Waals surface area contributed by atoms with Crippen molar-refractivity contribution in [2.24, 2.45) is 0 Å². The van der Waals surface area contributed by atoms with E-state index in [4.69, 9.17) is 16.0 Å². The van der Waals surface area contributed by atoms with Gasteiger partial charge in [-0.15, -0.1) is 10.2 Å². The molecule has 0 aliphatic heterocycles. The first kappa shape index (κ1) is 14.8. The van der Waals surface area contributed by atoms with Crippen LogP contribution >= 0.6 is 11.6 Å². The van der Waals surface area contributed by atoms with Gasteiger partial charge in [0, 0.05) is 17.1 Å². The van der Waals surface area contributed by atoms with E-state index in [1.807, 2.05) is 24.3 Å². The molecule has 0 atom stereocenters. The Morgan fingerprint density at radius 3 is 2.55 bits per heavy atom. The maximum Gasteiger partial charge on any atom is 0.247 e. The molecule has 22 heavy (non-hydrogen) atoms. The van der Waals surface area contributed by atoms with E-state index in [1.54, 1.807) is 12.1 Å². The smallest absolute Gasteiger partial charge is 0.247 e. The number of hydrogen-bond acceptors (Lipinski definition) is 4. The zero-order valence-corrected chi connectivity index (χ0v) is 13.0. The van der Waals surface area contributed by atoms with Crippen LogP contribution in [0.4, 0.5) is 0 Å². The van der Waals surface area contributed by atoms with Crippen LogP contribution in [0.25, 0.3) is 11.5 Å². The molecule has 0 fully saturated rings. The molecule has 112 valence electrons. The molecule has 0 bridgehead atoms. The molecule has 0 saturated heterocycles. The molecule has 0 unspecified atom stereocenters. The molecule has 2 aromatic carbocycles. The van der Waals surface area contributed by atoms with Gasteiger partial charge in [0.15, 0.2) is 0 Å². The maximum atomic E-state index is 5.87. The van der Waals surface area contributed by atoms with Crippen molar-refractivity contribution in [2.75, 3.05) is 0 Å². The van der Waals surface area contributed by atoms with E-state index >= 15 is 0 Å². The zero-order chi connectivity index (χ0) is 15.4. The molecule has 4 nitrogen and oxygen atoms in total. The van der Waals surface area contributed by atoms with Crippen molar-refractivity contribution in [2.45, 2.75) is 20.0 Å². The van der Waals surface area contributed by atoms with E-state index in [1.165, 1.54) is 11.1 Å². The summed E-state index contributed by atoms with van der Waals surface area (Å²) in [4.78, 5) is 0. The number of aryl methyl sites for hydroxylation is 1. The van der Waals surface area contributed by atoms with Gasteiger partial charge in [-0.3, -0.25) is 0 Å². The third-order valence-electron chi connectivity index (χ3n) is 3.41. The first-order chi connectivity index (χ1) is 10.7.